The topological polar surface area (TPSA) is 96.5 Å². The third kappa shape index (κ3) is 7.69. The molecule has 0 radical (unpaired) electrons. The van der Waals surface area contributed by atoms with Crippen LogP contribution in [-0.4, -0.2) is 61.4 Å². The normalized spacial score (nSPS) is 18.1. The maximum absolute atomic E-state index is 12.9. The molecule has 1 aliphatic rings. The molecular formula is C29H40ClN5O3S. The van der Waals surface area contributed by atoms with E-state index in [-0.39, 0.29) is 27.1 Å². The molecule has 0 spiro atoms. The number of hydrogen-bond acceptors (Lipinski definition) is 8. The predicted molar refractivity (Wildman–Crippen MR) is 160 cm³/mol. The Morgan fingerprint density at radius 3 is 2.67 bits per heavy atom. The highest BCUT2D eigenvalue weighted by Gasteiger charge is 2.33. The van der Waals surface area contributed by atoms with Crippen LogP contribution >= 0.6 is 11.6 Å². The lowest BCUT2D eigenvalue weighted by Crippen LogP contribution is -2.43. The van der Waals surface area contributed by atoms with Gasteiger partial charge >= 0.3 is 0 Å². The van der Waals surface area contributed by atoms with Crippen molar-refractivity contribution in [1.82, 2.24) is 14.9 Å². The fourth-order valence-electron chi connectivity index (χ4n) is 4.58. The Morgan fingerprint density at radius 1 is 1.28 bits per heavy atom. The van der Waals surface area contributed by atoms with Gasteiger partial charge in [0.25, 0.3) is 0 Å². The van der Waals surface area contributed by atoms with E-state index in [4.69, 9.17) is 16.3 Å². The summed E-state index contributed by atoms with van der Waals surface area (Å²) in [6, 6.07) is 6.70. The van der Waals surface area contributed by atoms with Gasteiger partial charge in [0.1, 0.15) is 5.02 Å². The molecule has 0 saturated carbocycles. The van der Waals surface area contributed by atoms with E-state index in [2.05, 4.69) is 58.9 Å². The molecule has 1 aromatic carbocycles. The Kier molecular flexibility index (Phi) is 10.3. The lowest BCUT2D eigenvalue weighted by Gasteiger charge is -2.42. The monoisotopic (exact) mass is 573 g/mol. The number of sulfone groups is 1. The third-order valence-electron chi connectivity index (χ3n) is 6.58. The first-order valence-electron chi connectivity index (χ1n) is 13.2. The zero-order chi connectivity index (χ0) is 28.8. The highest BCUT2D eigenvalue weighted by molar-refractivity contribution is 7.92. The van der Waals surface area contributed by atoms with E-state index in [1.165, 1.54) is 11.8 Å². The second-order valence-corrected chi connectivity index (χ2v) is 13.3. The number of ether oxygens (including phenoxy) is 1. The van der Waals surface area contributed by atoms with Crippen molar-refractivity contribution in [2.75, 3.05) is 43.5 Å². The Labute approximate surface area is 238 Å². The number of nitrogens with one attached hydrogen (secondary N) is 2. The van der Waals surface area contributed by atoms with Gasteiger partial charge in [-0.15, -0.1) is 0 Å². The van der Waals surface area contributed by atoms with Crippen molar-refractivity contribution >= 4 is 38.9 Å². The van der Waals surface area contributed by atoms with Gasteiger partial charge in [0.15, 0.2) is 15.7 Å². The number of anilines is 3. The largest absolute Gasteiger partial charge is 0.378 e. The van der Waals surface area contributed by atoms with Gasteiger partial charge in [0.05, 0.1) is 28.6 Å². The van der Waals surface area contributed by atoms with Crippen molar-refractivity contribution in [2.45, 2.75) is 51.7 Å². The van der Waals surface area contributed by atoms with Crippen LogP contribution in [-0.2, 0) is 14.6 Å². The maximum atomic E-state index is 12.9. The molecule has 212 valence electrons. The van der Waals surface area contributed by atoms with Gasteiger partial charge in [-0.3, -0.25) is 4.90 Å². The number of likely N-dealkylation sites (N-methyl/N-ethyl adjacent to an activating group) is 1. The average molecular weight is 574 g/mol. The number of aromatic nitrogens is 2. The van der Waals surface area contributed by atoms with Crippen molar-refractivity contribution < 1.29 is 13.2 Å². The Hall–Kier alpha value is -2.72. The van der Waals surface area contributed by atoms with Crippen LogP contribution in [0.2, 0.25) is 5.02 Å². The average Bonchev–Trinajstić information content (AvgIpc) is 2.87. The van der Waals surface area contributed by atoms with Crippen LogP contribution in [0, 0.1) is 5.41 Å². The number of hydrogen-bond donors (Lipinski definition) is 2. The molecule has 39 heavy (non-hydrogen) atoms. The summed E-state index contributed by atoms with van der Waals surface area (Å²) in [4.78, 5) is 11.4. The fourth-order valence-corrected chi connectivity index (χ4v) is 5.92. The molecule has 1 aliphatic heterocycles. The lowest BCUT2D eigenvalue weighted by molar-refractivity contribution is 0.171. The van der Waals surface area contributed by atoms with E-state index in [1.54, 1.807) is 38.1 Å². The number of halogens is 1. The molecule has 0 atom stereocenters. The number of nitrogens with zero attached hydrogens (tertiary/aromatic N) is 3. The van der Waals surface area contributed by atoms with Crippen LogP contribution in [0.1, 0.15) is 41.5 Å². The van der Waals surface area contributed by atoms with Crippen molar-refractivity contribution in [2.24, 2.45) is 5.41 Å². The Bertz CT molecular complexity index is 1350. The number of para-hydroxylation sites is 1. The van der Waals surface area contributed by atoms with Gasteiger partial charge in [-0.05, 0) is 56.7 Å². The standard InChI is InChI=1S/C29H40ClN5O3S/c1-8-35-18-22(23(14-15-38-9-2)29(6,7)19-35)16-21(5)32-28-31-17-24(30)27(34-28)33-25-12-10-11-13-26(25)39(36,37)20(3)4/h10-14,16-17,20H,5,8-9,15,18-19H2,1-4,6-7H3,(H2,31,32,33,34)/b22-16-,23-14+. The van der Waals surface area contributed by atoms with Crippen molar-refractivity contribution in [3.8, 4) is 0 Å². The molecule has 8 nitrogen and oxygen atoms in total. The first kappa shape index (κ1) is 30.8. The molecule has 2 heterocycles. The van der Waals surface area contributed by atoms with E-state index in [1.807, 2.05) is 13.0 Å². The van der Waals surface area contributed by atoms with Gasteiger partial charge < -0.3 is 15.4 Å². The number of piperidine rings is 1. The van der Waals surface area contributed by atoms with Crippen LogP contribution in [0.15, 0.2) is 70.9 Å². The van der Waals surface area contributed by atoms with Gasteiger partial charge in [0, 0.05) is 30.8 Å². The van der Waals surface area contributed by atoms with Gasteiger partial charge in [-0.1, -0.05) is 57.2 Å². The molecule has 0 aliphatic carbocycles. The van der Waals surface area contributed by atoms with Crippen molar-refractivity contribution in [3.63, 3.8) is 0 Å². The van der Waals surface area contributed by atoms with Gasteiger partial charge in [-0.25, -0.2) is 13.4 Å². The van der Waals surface area contributed by atoms with Crippen LogP contribution < -0.4 is 10.6 Å². The summed E-state index contributed by atoms with van der Waals surface area (Å²) in [7, 11) is -3.52. The SMILES string of the molecule is C=C(/C=C1/CN(CC)CC(C)(C)/C1=C/COCC)Nc1ncc(Cl)c(Nc2ccccc2S(=O)(=O)C(C)C)n1. The lowest BCUT2D eigenvalue weighted by atomic mass is 9.76. The molecule has 0 bridgehead atoms. The van der Waals surface area contributed by atoms with Gasteiger partial charge in [-0.2, -0.15) is 4.98 Å². The van der Waals surface area contributed by atoms with Crippen LogP contribution in [0.3, 0.4) is 0 Å². The highest BCUT2D eigenvalue weighted by atomic mass is 35.5. The molecule has 1 saturated heterocycles. The second-order valence-electron chi connectivity index (χ2n) is 10.4. The first-order valence-corrected chi connectivity index (χ1v) is 15.1. The molecule has 0 amide bonds. The van der Waals surface area contributed by atoms with Gasteiger partial charge in [0.2, 0.25) is 5.95 Å². The number of rotatable bonds is 11. The zero-order valence-corrected chi connectivity index (χ0v) is 25.3. The summed E-state index contributed by atoms with van der Waals surface area (Å²) in [6.45, 7) is 20.1. The van der Waals surface area contributed by atoms with Crippen LogP contribution in [0.5, 0.6) is 0 Å². The number of likely N-dealkylation sites (tertiary alicyclic amines) is 1. The van der Waals surface area contributed by atoms with Crippen molar-refractivity contribution in [1.29, 1.82) is 0 Å². The van der Waals surface area contributed by atoms with Crippen LogP contribution in [0.25, 0.3) is 0 Å². The Morgan fingerprint density at radius 2 is 2.00 bits per heavy atom. The zero-order valence-electron chi connectivity index (χ0n) is 23.7. The summed E-state index contributed by atoms with van der Waals surface area (Å²) in [5.74, 6) is 0.574. The van der Waals surface area contributed by atoms with E-state index in [0.717, 1.165) is 25.2 Å². The molecule has 2 N–H and O–H groups in total. The second kappa shape index (κ2) is 13.1. The smallest absolute Gasteiger partial charge is 0.229 e. The minimum absolute atomic E-state index is 0.0466. The molecule has 0 unspecified atom stereocenters. The van der Waals surface area contributed by atoms with E-state index in [0.29, 0.717) is 24.6 Å². The summed E-state index contributed by atoms with van der Waals surface area (Å²) < 4.78 is 31.4. The van der Waals surface area contributed by atoms with E-state index < -0.39 is 15.1 Å². The molecule has 10 heteroatoms. The molecule has 1 aromatic heterocycles. The summed E-state index contributed by atoms with van der Waals surface area (Å²) in [5, 5.41) is 5.93. The van der Waals surface area contributed by atoms with Crippen LogP contribution in [0.4, 0.5) is 17.5 Å². The highest BCUT2D eigenvalue weighted by Crippen LogP contribution is 2.38. The number of allylic oxidation sites excluding steroid dienone is 1. The fraction of sp³-hybridized carbons (Fsp3) is 0.448. The molecule has 3 rings (SSSR count). The molecule has 1 fully saturated rings. The first-order chi connectivity index (χ1) is 18.4. The summed E-state index contributed by atoms with van der Waals surface area (Å²) in [6.07, 6.45) is 5.66. The minimum atomic E-state index is -3.52. The molecule has 2 aromatic rings. The number of benzene rings is 1. The maximum Gasteiger partial charge on any atom is 0.229 e. The predicted octanol–water partition coefficient (Wildman–Crippen LogP) is 6.23. The quantitative estimate of drug-likeness (QED) is 0.305. The van der Waals surface area contributed by atoms with E-state index in [9.17, 15) is 8.42 Å². The summed E-state index contributed by atoms with van der Waals surface area (Å²) >= 11 is 6.39. The minimum Gasteiger partial charge on any atom is -0.378 e. The molecular weight excluding hydrogens is 534 g/mol. The summed E-state index contributed by atoms with van der Waals surface area (Å²) in [5.41, 5.74) is 3.37. The van der Waals surface area contributed by atoms with Crippen molar-refractivity contribution in [3.05, 3.63) is 71.1 Å². The van der Waals surface area contributed by atoms with E-state index >= 15 is 0 Å². The third-order valence-corrected chi connectivity index (χ3v) is 9.06. The Balaban J connectivity index is 1.88.